The normalized spacial score (nSPS) is 28.2. The van der Waals surface area contributed by atoms with Crippen molar-refractivity contribution in [2.75, 3.05) is 26.2 Å². The molecule has 0 spiro atoms. The van der Waals surface area contributed by atoms with Gasteiger partial charge in [0.15, 0.2) is 0 Å². The number of hydrogen-bond donors (Lipinski definition) is 1. The molecule has 0 amide bonds. The van der Waals surface area contributed by atoms with Gasteiger partial charge in [0, 0.05) is 24.2 Å². The fraction of sp³-hybridized carbons (Fsp3) is 0.818. The second-order valence-corrected chi connectivity index (χ2v) is 5.06. The molecule has 1 heterocycles. The highest BCUT2D eigenvalue weighted by atomic mass is 35.5. The van der Waals surface area contributed by atoms with Gasteiger partial charge in [0.1, 0.15) is 0 Å². The molecule has 2 nitrogen and oxygen atoms in total. The van der Waals surface area contributed by atoms with Crippen LogP contribution in [0.4, 0.5) is 0 Å². The summed E-state index contributed by atoms with van der Waals surface area (Å²) >= 11 is 5.68. The van der Waals surface area contributed by atoms with Crippen molar-refractivity contribution < 1.29 is 0 Å². The molecule has 1 aliphatic heterocycles. The van der Waals surface area contributed by atoms with Crippen molar-refractivity contribution in [2.24, 2.45) is 5.92 Å². The summed E-state index contributed by atoms with van der Waals surface area (Å²) in [6, 6.07) is 0.933. The number of hydrogen-bond acceptors (Lipinski definition) is 2. The van der Waals surface area contributed by atoms with E-state index in [-0.39, 0.29) is 0 Å². The van der Waals surface area contributed by atoms with Crippen molar-refractivity contribution >= 4 is 11.6 Å². The Labute approximate surface area is 91.3 Å². The number of halogens is 1. The first-order chi connectivity index (χ1) is 6.75. The SMILES string of the molecule is C=C(Cl)CNCC1CCN(C2CC2)C1. The van der Waals surface area contributed by atoms with Gasteiger partial charge in [-0.05, 0) is 38.3 Å². The molecule has 1 unspecified atom stereocenters. The van der Waals surface area contributed by atoms with Crippen molar-refractivity contribution in [3.05, 3.63) is 11.6 Å². The van der Waals surface area contributed by atoms with Crippen LogP contribution in [-0.2, 0) is 0 Å². The van der Waals surface area contributed by atoms with E-state index in [0.717, 1.165) is 25.0 Å². The van der Waals surface area contributed by atoms with Crippen LogP contribution in [0, 0.1) is 5.92 Å². The predicted octanol–water partition coefficient (Wildman–Crippen LogP) is 1.81. The zero-order valence-corrected chi connectivity index (χ0v) is 9.39. The van der Waals surface area contributed by atoms with Gasteiger partial charge in [-0.15, -0.1) is 0 Å². The molecule has 0 radical (unpaired) electrons. The lowest BCUT2D eigenvalue weighted by molar-refractivity contribution is 0.312. The minimum Gasteiger partial charge on any atom is -0.311 e. The highest BCUT2D eigenvalue weighted by Gasteiger charge is 2.33. The molecule has 3 heteroatoms. The lowest BCUT2D eigenvalue weighted by Gasteiger charge is -2.14. The Hall–Kier alpha value is -0.0500. The van der Waals surface area contributed by atoms with Crippen LogP contribution in [0.1, 0.15) is 19.3 Å². The summed E-state index contributed by atoms with van der Waals surface area (Å²) in [5.41, 5.74) is 0. The van der Waals surface area contributed by atoms with Gasteiger partial charge in [0.2, 0.25) is 0 Å². The Morgan fingerprint density at radius 3 is 2.86 bits per heavy atom. The Morgan fingerprint density at radius 1 is 1.43 bits per heavy atom. The van der Waals surface area contributed by atoms with E-state index in [9.17, 15) is 0 Å². The Morgan fingerprint density at radius 2 is 2.21 bits per heavy atom. The molecule has 2 rings (SSSR count). The topological polar surface area (TPSA) is 15.3 Å². The molecule has 1 aliphatic carbocycles. The van der Waals surface area contributed by atoms with Crippen LogP contribution in [-0.4, -0.2) is 37.1 Å². The zero-order chi connectivity index (χ0) is 9.97. The molecule has 0 aromatic carbocycles. The van der Waals surface area contributed by atoms with Crippen LogP contribution < -0.4 is 5.32 Å². The molecule has 1 saturated heterocycles. The molecular formula is C11H19ClN2. The van der Waals surface area contributed by atoms with Gasteiger partial charge >= 0.3 is 0 Å². The number of nitrogens with one attached hydrogen (secondary N) is 1. The van der Waals surface area contributed by atoms with E-state index >= 15 is 0 Å². The summed E-state index contributed by atoms with van der Waals surface area (Å²) in [6.45, 7) is 8.10. The van der Waals surface area contributed by atoms with Gasteiger partial charge in [-0.25, -0.2) is 0 Å². The summed E-state index contributed by atoms with van der Waals surface area (Å²) in [5.74, 6) is 0.826. The molecule has 1 N–H and O–H groups in total. The predicted molar refractivity (Wildman–Crippen MR) is 60.6 cm³/mol. The van der Waals surface area contributed by atoms with Gasteiger partial charge < -0.3 is 10.2 Å². The van der Waals surface area contributed by atoms with E-state index in [0.29, 0.717) is 5.03 Å². The van der Waals surface area contributed by atoms with Crippen LogP contribution >= 0.6 is 11.6 Å². The Kier molecular flexibility index (Phi) is 3.47. The zero-order valence-electron chi connectivity index (χ0n) is 8.64. The van der Waals surface area contributed by atoms with Crippen molar-refractivity contribution in [1.29, 1.82) is 0 Å². The maximum atomic E-state index is 5.68. The monoisotopic (exact) mass is 214 g/mol. The molecule has 2 fully saturated rings. The van der Waals surface area contributed by atoms with E-state index in [1.54, 1.807) is 0 Å². The van der Waals surface area contributed by atoms with Gasteiger partial charge in [-0.1, -0.05) is 18.2 Å². The average Bonchev–Trinajstić information content (AvgIpc) is 2.87. The van der Waals surface area contributed by atoms with Crippen LogP contribution in [0.15, 0.2) is 11.6 Å². The van der Waals surface area contributed by atoms with Crippen molar-refractivity contribution in [3.8, 4) is 0 Å². The summed E-state index contributed by atoms with van der Waals surface area (Å²) in [5, 5.41) is 4.06. The molecule has 80 valence electrons. The van der Waals surface area contributed by atoms with Crippen LogP contribution in [0.25, 0.3) is 0 Å². The quantitative estimate of drug-likeness (QED) is 0.751. The van der Waals surface area contributed by atoms with Crippen molar-refractivity contribution in [1.82, 2.24) is 10.2 Å². The van der Waals surface area contributed by atoms with E-state index < -0.39 is 0 Å². The van der Waals surface area contributed by atoms with Crippen LogP contribution in [0.3, 0.4) is 0 Å². The first-order valence-electron chi connectivity index (χ1n) is 5.54. The number of rotatable bonds is 5. The molecule has 2 aliphatic rings. The second kappa shape index (κ2) is 4.65. The van der Waals surface area contributed by atoms with E-state index in [1.165, 1.54) is 32.4 Å². The lowest BCUT2D eigenvalue weighted by Crippen LogP contribution is -2.28. The molecule has 1 saturated carbocycles. The fourth-order valence-corrected chi connectivity index (χ4v) is 2.31. The highest BCUT2D eigenvalue weighted by molar-refractivity contribution is 6.29. The average molecular weight is 215 g/mol. The van der Waals surface area contributed by atoms with Crippen LogP contribution in [0.5, 0.6) is 0 Å². The summed E-state index contributed by atoms with van der Waals surface area (Å²) < 4.78 is 0. The molecular weight excluding hydrogens is 196 g/mol. The molecule has 0 bridgehead atoms. The van der Waals surface area contributed by atoms with Gasteiger partial charge in [0.25, 0.3) is 0 Å². The highest BCUT2D eigenvalue weighted by Crippen LogP contribution is 2.31. The summed E-state index contributed by atoms with van der Waals surface area (Å²) in [4.78, 5) is 2.64. The van der Waals surface area contributed by atoms with Gasteiger partial charge in [0.05, 0.1) is 0 Å². The van der Waals surface area contributed by atoms with E-state index in [2.05, 4.69) is 16.8 Å². The first-order valence-corrected chi connectivity index (χ1v) is 5.91. The van der Waals surface area contributed by atoms with Gasteiger partial charge in [-0.2, -0.15) is 0 Å². The van der Waals surface area contributed by atoms with Crippen LogP contribution in [0.2, 0.25) is 0 Å². The number of likely N-dealkylation sites (tertiary alicyclic amines) is 1. The van der Waals surface area contributed by atoms with E-state index in [4.69, 9.17) is 11.6 Å². The lowest BCUT2D eigenvalue weighted by atomic mass is 10.1. The standard InChI is InChI=1S/C11H19ClN2/c1-9(12)6-13-7-10-4-5-14(8-10)11-2-3-11/h10-11,13H,1-8H2. The smallest absolute Gasteiger partial charge is 0.0307 e. The molecule has 0 aromatic rings. The third-order valence-corrected chi connectivity index (χ3v) is 3.26. The Balaban J connectivity index is 1.60. The van der Waals surface area contributed by atoms with Gasteiger partial charge in [-0.3, -0.25) is 0 Å². The fourth-order valence-electron chi connectivity index (χ4n) is 2.21. The maximum absolute atomic E-state index is 5.68. The molecule has 1 atom stereocenters. The third kappa shape index (κ3) is 2.97. The van der Waals surface area contributed by atoms with Crippen molar-refractivity contribution in [2.45, 2.75) is 25.3 Å². The minimum absolute atomic E-state index is 0.710. The van der Waals surface area contributed by atoms with E-state index in [1.807, 2.05) is 0 Å². The van der Waals surface area contributed by atoms with Crippen molar-refractivity contribution in [3.63, 3.8) is 0 Å². The second-order valence-electron chi connectivity index (χ2n) is 4.53. The number of nitrogens with zero attached hydrogens (tertiary/aromatic N) is 1. The largest absolute Gasteiger partial charge is 0.311 e. The Bertz CT molecular complexity index is 213. The third-order valence-electron chi connectivity index (χ3n) is 3.13. The summed E-state index contributed by atoms with van der Waals surface area (Å²) in [7, 11) is 0. The molecule has 14 heavy (non-hydrogen) atoms. The molecule has 0 aromatic heterocycles. The maximum Gasteiger partial charge on any atom is 0.0307 e. The minimum atomic E-state index is 0.710. The summed E-state index contributed by atoms with van der Waals surface area (Å²) in [6.07, 6.45) is 4.20. The first kappa shape index (κ1) is 10.5.